The molecule has 0 atom stereocenters. The van der Waals surface area contributed by atoms with Crippen molar-refractivity contribution >= 4 is 5.57 Å². The van der Waals surface area contributed by atoms with E-state index in [9.17, 15) is 0 Å². The Kier molecular flexibility index (Phi) is 2.04. The molecule has 2 heteroatoms. The zero-order chi connectivity index (χ0) is 9.10. The van der Waals surface area contributed by atoms with Gasteiger partial charge in [-0.15, -0.1) is 0 Å². The van der Waals surface area contributed by atoms with Gasteiger partial charge in [-0.25, -0.2) is 0 Å². The summed E-state index contributed by atoms with van der Waals surface area (Å²) in [6.45, 7) is 0.437. The summed E-state index contributed by atoms with van der Waals surface area (Å²) in [7, 11) is 0. The average molecular weight is 174 g/mol. The number of aliphatic hydroxyl groups is 1. The Balaban J connectivity index is 2.33. The molecule has 0 amide bonds. The number of aliphatic hydroxyl groups excluding tert-OH is 1. The van der Waals surface area contributed by atoms with Crippen LogP contribution in [-0.2, 0) is 4.74 Å². The number of ether oxygens (including phenoxy) is 1. The summed E-state index contributed by atoms with van der Waals surface area (Å²) in [5, 5.41) is 9.14. The van der Waals surface area contributed by atoms with E-state index < -0.39 is 0 Å². The Morgan fingerprint density at radius 2 is 1.92 bits per heavy atom. The molecule has 0 saturated carbocycles. The molecule has 0 bridgehead atoms. The molecule has 0 unspecified atom stereocenters. The van der Waals surface area contributed by atoms with Gasteiger partial charge in [-0.3, -0.25) is 0 Å². The molecule has 66 valence electrons. The van der Waals surface area contributed by atoms with Crippen LogP contribution in [0, 0.1) is 0 Å². The first-order chi connectivity index (χ1) is 6.36. The van der Waals surface area contributed by atoms with Gasteiger partial charge in [0.15, 0.2) is 0 Å². The lowest BCUT2D eigenvalue weighted by Crippen LogP contribution is -1.98. The van der Waals surface area contributed by atoms with Crippen LogP contribution in [0.3, 0.4) is 0 Å². The molecule has 1 aromatic carbocycles. The fraction of sp³-hybridized carbons (Fsp3) is 0.0909. The molecule has 1 aromatic rings. The third-order valence-corrected chi connectivity index (χ3v) is 1.92. The molecule has 13 heavy (non-hydrogen) atoms. The van der Waals surface area contributed by atoms with Crippen LogP contribution in [0.15, 0.2) is 48.4 Å². The van der Waals surface area contributed by atoms with E-state index in [1.54, 1.807) is 6.08 Å². The van der Waals surface area contributed by atoms with Crippen LogP contribution in [0.25, 0.3) is 5.57 Å². The topological polar surface area (TPSA) is 29.5 Å². The average Bonchev–Trinajstić information content (AvgIpc) is 2.19. The Labute approximate surface area is 76.8 Å². The van der Waals surface area contributed by atoms with Crippen molar-refractivity contribution in [3.8, 4) is 0 Å². The van der Waals surface area contributed by atoms with Gasteiger partial charge in [0.2, 0.25) is 0 Å². The van der Waals surface area contributed by atoms with Crippen molar-refractivity contribution in [3.05, 3.63) is 54.0 Å². The van der Waals surface area contributed by atoms with E-state index in [1.807, 2.05) is 36.4 Å². The number of hydrogen-bond donors (Lipinski definition) is 1. The SMILES string of the molecule is OC1=CC(c2ccccc2)=CCO1. The van der Waals surface area contributed by atoms with Crippen molar-refractivity contribution in [3.63, 3.8) is 0 Å². The number of hydrogen-bond acceptors (Lipinski definition) is 2. The molecule has 1 aliphatic rings. The van der Waals surface area contributed by atoms with Crippen LogP contribution in [-0.4, -0.2) is 11.7 Å². The molecule has 0 aromatic heterocycles. The molecule has 0 spiro atoms. The summed E-state index contributed by atoms with van der Waals surface area (Å²) in [6, 6.07) is 9.90. The summed E-state index contributed by atoms with van der Waals surface area (Å²) in [5.74, 6) is -0.0126. The second-order valence-electron chi connectivity index (χ2n) is 2.82. The van der Waals surface area contributed by atoms with E-state index in [1.165, 1.54) is 0 Å². The van der Waals surface area contributed by atoms with Gasteiger partial charge in [0.1, 0.15) is 6.61 Å². The van der Waals surface area contributed by atoms with Crippen LogP contribution in [0.4, 0.5) is 0 Å². The first-order valence-electron chi connectivity index (χ1n) is 4.15. The van der Waals surface area contributed by atoms with Gasteiger partial charge in [-0.05, 0) is 17.2 Å². The highest BCUT2D eigenvalue weighted by Gasteiger charge is 2.05. The number of allylic oxidation sites excluding steroid dienone is 2. The van der Waals surface area contributed by atoms with Gasteiger partial charge in [0, 0.05) is 6.08 Å². The number of benzene rings is 1. The van der Waals surface area contributed by atoms with Crippen molar-refractivity contribution in [2.45, 2.75) is 0 Å². The minimum absolute atomic E-state index is 0.0126. The fourth-order valence-electron chi connectivity index (χ4n) is 1.28. The van der Waals surface area contributed by atoms with Gasteiger partial charge in [-0.2, -0.15) is 0 Å². The molecule has 1 heterocycles. The molecule has 0 radical (unpaired) electrons. The maximum absolute atomic E-state index is 9.14. The quantitative estimate of drug-likeness (QED) is 0.708. The van der Waals surface area contributed by atoms with Crippen LogP contribution in [0.5, 0.6) is 0 Å². The van der Waals surface area contributed by atoms with Gasteiger partial charge in [-0.1, -0.05) is 30.3 Å². The predicted octanol–water partition coefficient (Wildman–Crippen LogP) is 2.50. The Hall–Kier alpha value is -1.70. The molecule has 0 aliphatic carbocycles. The van der Waals surface area contributed by atoms with Crippen molar-refractivity contribution in [2.24, 2.45) is 0 Å². The van der Waals surface area contributed by atoms with Crippen LogP contribution >= 0.6 is 0 Å². The zero-order valence-electron chi connectivity index (χ0n) is 7.10. The van der Waals surface area contributed by atoms with E-state index in [-0.39, 0.29) is 5.95 Å². The predicted molar refractivity (Wildman–Crippen MR) is 51.1 cm³/mol. The Morgan fingerprint density at radius 1 is 1.15 bits per heavy atom. The lowest BCUT2D eigenvalue weighted by Gasteiger charge is -2.10. The standard InChI is InChI=1S/C11H10O2/c12-11-8-10(6-7-13-11)9-4-2-1-3-5-9/h1-6,8,12H,7H2. The summed E-state index contributed by atoms with van der Waals surface area (Å²) in [4.78, 5) is 0. The van der Waals surface area contributed by atoms with Gasteiger partial charge >= 0.3 is 0 Å². The first kappa shape index (κ1) is 7.92. The Morgan fingerprint density at radius 3 is 2.62 bits per heavy atom. The van der Waals surface area contributed by atoms with Gasteiger partial charge in [0.05, 0.1) is 0 Å². The molecular weight excluding hydrogens is 164 g/mol. The van der Waals surface area contributed by atoms with E-state index in [2.05, 4.69) is 0 Å². The van der Waals surface area contributed by atoms with Gasteiger partial charge in [0.25, 0.3) is 5.95 Å². The van der Waals surface area contributed by atoms with E-state index in [0.717, 1.165) is 11.1 Å². The minimum Gasteiger partial charge on any atom is -0.481 e. The van der Waals surface area contributed by atoms with Crippen LogP contribution in [0.1, 0.15) is 5.56 Å². The van der Waals surface area contributed by atoms with Gasteiger partial charge < -0.3 is 9.84 Å². The van der Waals surface area contributed by atoms with Crippen molar-refractivity contribution in [1.82, 2.24) is 0 Å². The summed E-state index contributed by atoms with van der Waals surface area (Å²) < 4.78 is 4.87. The van der Waals surface area contributed by atoms with Crippen molar-refractivity contribution in [2.75, 3.05) is 6.61 Å². The Bertz CT molecular complexity index is 350. The van der Waals surface area contributed by atoms with E-state index >= 15 is 0 Å². The highest BCUT2D eigenvalue weighted by atomic mass is 16.6. The highest BCUT2D eigenvalue weighted by Crippen LogP contribution is 2.19. The molecule has 0 saturated heterocycles. The lowest BCUT2D eigenvalue weighted by atomic mass is 10.1. The third-order valence-electron chi connectivity index (χ3n) is 1.92. The number of rotatable bonds is 1. The summed E-state index contributed by atoms with van der Waals surface area (Å²) >= 11 is 0. The third kappa shape index (κ3) is 1.72. The molecule has 1 aliphatic heterocycles. The van der Waals surface area contributed by atoms with Crippen molar-refractivity contribution in [1.29, 1.82) is 0 Å². The second kappa shape index (κ2) is 3.35. The molecule has 2 rings (SSSR count). The van der Waals surface area contributed by atoms with Crippen LogP contribution < -0.4 is 0 Å². The largest absolute Gasteiger partial charge is 0.481 e. The summed E-state index contributed by atoms with van der Waals surface area (Å²) in [5.41, 5.74) is 2.10. The van der Waals surface area contributed by atoms with Crippen molar-refractivity contribution < 1.29 is 9.84 Å². The molecular formula is C11H10O2. The monoisotopic (exact) mass is 174 g/mol. The fourth-order valence-corrected chi connectivity index (χ4v) is 1.28. The maximum atomic E-state index is 9.14. The van der Waals surface area contributed by atoms with E-state index in [4.69, 9.17) is 9.84 Å². The summed E-state index contributed by atoms with van der Waals surface area (Å²) in [6.07, 6.45) is 3.56. The minimum atomic E-state index is -0.0126. The maximum Gasteiger partial charge on any atom is 0.277 e. The van der Waals surface area contributed by atoms with Crippen LogP contribution in [0.2, 0.25) is 0 Å². The smallest absolute Gasteiger partial charge is 0.277 e. The highest BCUT2D eigenvalue weighted by molar-refractivity contribution is 5.74. The normalized spacial score (nSPS) is 15.7. The van der Waals surface area contributed by atoms with E-state index in [0.29, 0.717) is 6.61 Å². The molecule has 2 nitrogen and oxygen atoms in total. The molecule has 1 N–H and O–H groups in total. The lowest BCUT2D eigenvalue weighted by molar-refractivity contribution is 0.110. The molecule has 0 fully saturated rings. The zero-order valence-corrected chi connectivity index (χ0v) is 7.10. The second-order valence-corrected chi connectivity index (χ2v) is 2.82. The first-order valence-corrected chi connectivity index (χ1v) is 4.15.